The number of hydrogen-bond acceptors (Lipinski definition) is 3. The van der Waals surface area contributed by atoms with E-state index in [0.717, 1.165) is 5.56 Å². The molecule has 0 unspecified atom stereocenters. The lowest BCUT2D eigenvalue weighted by Gasteiger charge is -2.33. The third kappa shape index (κ3) is 4.76. The van der Waals surface area contributed by atoms with Crippen LogP contribution in [0.4, 0.5) is 9.18 Å². The monoisotopic (exact) mass is 403 g/mol. The highest BCUT2D eigenvalue weighted by molar-refractivity contribution is 7.89. The molecule has 1 fully saturated rings. The number of nitrogens with zero attached hydrogens (tertiary/aromatic N) is 2. The fraction of sp³-hybridized carbons (Fsp3) is 0.250. The second-order valence-corrected chi connectivity index (χ2v) is 8.48. The highest BCUT2D eigenvalue weighted by Crippen LogP contribution is 2.18. The van der Waals surface area contributed by atoms with Crippen molar-refractivity contribution in [3.8, 4) is 0 Å². The highest BCUT2D eigenvalue weighted by atomic mass is 32.2. The number of amides is 2. The summed E-state index contributed by atoms with van der Waals surface area (Å²) in [4.78, 5) is 14.1. The van der Waals surface area contributed by atoms with Crippen molar-refractivity contribution in [3.63, 3.8) is 0 Å². The van der Waals surface area contributed by atoms with Crippen LogP contribution in [-0.4, -0.2) is 49.8 Å². The van der Waals surface area contributed by atoms with Crippen LogP contribution in [0, 0.1) is 12.7 Å². The minimum absolute atomic E-state index is 0.233. The normalized spacial score (nSPS) is 15.7. The predicted molar refractivity (Wildman–Crippen MR) is 105 cm³/mol. The zero-order valence-electron chi connectivity index (χ0n) is 15.5. The van der Waals surface area contributed by atoms with Crippen LogP contribution in [0.1, 0.15) is 11.1 Å². The van der Waals surface area contributed by atoms with E-state index in [9.17, 15) is 17.6 Å². The topological polar surface area (TPSA) is 69.7 Å². The summed E-state index contributed by atoms with van der Waals surface area (Å²) in [7, 11) is -3.56. The van der Waals surface area contributed by atoms with E-state index >= 15 is 0 Å². The summed E-state index contributed by atoms with van der Waals surface area (Å²) in [6.45, 7) is 2.96. The standard InChI is InChI=1S/C20H22FN3O3S/c1-16-5-7-19(8-6-16)28(26,27)24-13-11-23(12-14-24)20(25)22-10-9-17-3-2-4-18(21)15-17/h2-10,15H,11-14H2,1H3,(H,22,25)/b10-9+. The summed E-state index contributed by atoms with van der Waals surface area (Å²) < 4.78 is 39.9. The molecule has 0 aliphatic carbocycles. The maximum absolute atomic E-state index is 13.1. The number of piperazine rings is 1. The molecule has 1 N–H and O–H groups in total. The Morgan fingerprint density at radius 1 is 1.07 bits per heavy atom. The van der Waals surface area contributed by atoms with Crippen LogP contribution >= 0.6 is 0 Å². The number of carbonyl (C=O) groups excluding carboxylic acids is 1. The van der Waals surface area contributed by atoms with Crippen LogP contribution in [0.2, 0.25) is 0 Å². The van der Waals surface area contributed by atoms with Crippen molar-refractivity contribution in [2.24, 2.45) is 0 Å². The first kappa shape index (κ1) is 20.0. The summed E-state index contributed by atoms with van der Waals surface area (Å²) in [6, 6.07) is 12.4. The fourth-order valence-electron chi connectivity index (χ4n) is 2.90. The summed E-state index contributed by atoms with van der Waals surface area (Å²) in [5.74, 6) is -0.348. The number of sulfonamides is 1. The molecule has 148 valence electrons. The quantitative estimate of drug-likeness (QED) is 0.854. The second-order valence-electron chi connectivity index (χ2n) is 6.54. The van der Waals surface area contributed by atoms with Gasteiger partial charge in [0.1, 0.15) is 5.82 Å². The van der Waals surface area contributed by atoms with Crippen molar-refractivity contribution in [1.82, 2.24) is 14.5 Å². The Balaban J connectivity index is 1.54. The van der Waals surface area contributed by atoms with E-state index in [-0.39, 0.29) is 29.8 Å². The van der Waals surface area contributed by atoms with Crippen molar-refractivity contribution in [1.29, 1.82) is 0 Å². The Bertz CT molecular complexity index is 966. The average Bonchev–Trinajstić information content (AvgIpc) is 2.68. The van der Waals surface area contributed by atoms with E-state index in [0.29, 0.717) is 18.7 Å². The van der Waals surface area contributed by atoms with Crippen molar-refractivity contribution >= 4 is 22.1 Å². The molecule has 6 nitrogen and oxygen atoms in total. The van der Waals surface area contributed by atoms with Gasteiger partial charge < -0.3 is 10.2 Å². The summed E-state index contributed by atoms with van der Waals surface area (Å²) in [5.41, 5.74) is 1.63. The van der Waals surface area contributed by atoms with E-state index in [1.54, 1.807) is 47.4 Å². The zero-order valence-corrected chi connectivity index (χ0v) is 16.3. The van der Waals surface area contributed by atoms with E-state index in [4.69, 9.17) is 0 Å². The lowest BCUT2D eigenvalue weighted by atomic mass is 10.2. The lowest BCUT2D eigenvalue weighted by molar-refractivity contribution is 0.175. The molecular formula is C20H22FN3O3S. The van der Waals surface area contributed by atoms with Crippen LogP contribution in [0.15, 0.2) is 59.6 Å². The minimum Gasteiger partial charge on any atom is -0.322 e. The van der Waals surface area contributed by atoms with Crippen molar-refractivity contribution in [3.05, 3.63) is 71.7 Å². The molecule has 0 radical (unpaired) electrons. The van der Waals surface area contributed by atoms with Crippen LogP contribution in [-0.2, 0) is 10.0 Å². The summed E-state index contributed by atoms with van der Waals surface area (Å²) in [5, 5.41) is 2.63. The molecule has 3 rings (SSSR count). The molecule has 0 saturated carbocycles. The van der Waals surface area contributed by atoms with Gasteiger partial charge in [0.05, 0.1) is 4.90 Å². The van der Waals surface area contributed by atoms with Gasteiger partial charge in [0.2, 0.25) is 10.0 Å². The number of aryl methyl sites for hydroxylation is 1. The number of nitrogens with one attached hydrogen (secondary N) is 1. The summed E-state index contributed by atoms with van der Waals surface area (Å²) in [6.07, 6.45) is 3.05. The fourth-order valence-corrected chi connectivity index (χ4v) is 4.32. The molecule has 0 atom stereocenters. The van der Waals surface area contributed by atoms with Gasteiger partial charge in [0.15, 0.2) is 0 Å². The molecule has 0 aromatic heterocycles. The van der Waals surface area contributed by atoms with Gasteiger partial charge in [-0.15, -0.1) is 0 Å². The van der Waals surface area contributed by atoms with Crippen LogP contribution in [0.25, 0.3) is 6.08 Å². The van der Waals surface area contributed by atoms with E-state index < -0.39 is 10.0 Å². The van der Waals surface area contributed by atoms with Crippen LogP contribution in [0.5, 0.6) is 0 Å². The SMILES string of the molecule is Cc1ccc(S(=O)(=O)N2CCN(C(=O)N/C=C/c3cccc(F)c3)CC2)cc1. The highest BCUT2D eigenvalue weighted by Gasteiger charge is 2.29. The zero-order chi connectivity index (χ0) is 20.1. The smallest absolute Gasteiger partial charge is 0.321 e. The molecule has 8 heteroatoms. The van der Waals surface area contributed by atoms with E-state index in [1.165, 1.54) is 22.6 Å². The lowest BCUT2D eigenvalue weighted by Crippen LogP contribution is -2.52. The van der Waals surface area contributed by atoms with Gasteiger partial charge in [-0.25, -0.2) is 17.6 Å². The van der Waals surface area contributed by atoms with Crippen molar-refractivity contribution < 1.29 is 17.6 Å². The Kier molecular flexibility index (Phi) is 6.11. The number of rotatable bonds is 4. The molecule has 1 heterocycles. The van der Waals surface area contributed by atoms with Gasteiger partial charge in [-0.2, -0.15) is 4.31 Å². The second kappa shape index (κ2) is 8.53. The predicted octanol–water partition coefficient (Wildman–Crippen LogP) is 2.82. The Hall–Kier alpha value is -2.71. The molecule has 28 heavy (non-hydrogen) atoms. The van der Waals surface area contributed by atoms with Gasteiger partial charge in [0.25, 0.3) is 0 Å². The van der Waals surface area contributed by atoms with Gasteiger partial charge in [-0.05, 0) is 42.8 Å². The van der Waals surface area contributed by atoms with Crippen LogP contribution in [0.3, 0.4) is 0 Å². The Labute approximate surface area is 164 Å². The molecule has 1 aliphatic heterocycles. The first-order valence-electron chi connectivity index (χ1n) is 8.91. The molecule has 2 amide bonds. The number of hydrogen-bond donors (Lipinski definition) is 1. The van der Waals surface area contributed by atoms with Crippen molar-refractivity contribution in [2.45, 2.75) is 11.8 Å². The Morgan fingerprint density at radius 2 is 1.75 bits per heavy atom. The molecule has 0 spiro atoms. The maximum Gasteiger partial charge on any atom is 0.321 e. The molecule has 2 aromatic rings. The molecule has 0 bridgehead atoms. The molecular weight excluding hydrogens is 381 g/mol. The van der Waals surface area contributed by atoms with Crippen LogP contribution < -0.4 is 5.32 Å². The minimum atomic E-state index is -3.56. The molecule has 1 aliphatic rings. The van der Waals surface area contributed by atoms with E-state index in [2.05, 4.69) is 5.32 Å². The number of halogens is 1. The van der Waals surface area contributed by atoms with Gasteiger partial charge in [0, 0.05) is 32.4 Å². The number of urea groups is 1. The first-order chi connectivity index (χ1) is 13.4. The largest absolute Gasteiger partial charge is 0.322 e. The average molecular weight is 403 g/mol. The maximum atomic E-state index is 13.1. The number of benzene rings is 2. The molecule has 1 saturated heterocycles. The van der Waals surface area contributed by atoms with Gasteiger partial charge in [-0.1, -0.05) is 29.8 Å². The summed E-state index contributed by atoms with van der Waals surface area (Å²) >= 11 is 0. The van der Waals surface area contributed by atoms with E-state index in [1.807, 2.05) is 6.92 Å². The Morgan fingerprint density at radius 3 is 2.39 bits per heavy atom. The van der Waals surface area contributed by atoms with Crippen molar-refractivity contribution in [2.75, 3.05) is 26.2 Å². The third-order valence-electron chi connectivity index (χ3n) is 4.52. The van der Waals surface area contributed by atoms with Gasteiger partial charge >= 0.3 is 6.03 Å². The third-order valence-corrected chi connectivity index (χ3v) is 6.43. The molecule has 2 aromatic carbocycles. The number of carbonyl (C=O) groups is 1. The van der Waals surface area contributed by atoms with Gasteiger partial charge in [-0.3, -0.25) is 0 Å². The first-order valence-corrected chi connectivity index (χ1v) is 10.3.